The van der Waals surface area contributed by atoms with E-state index in [0.29, 0.717) is 0 Å². The molecule has 0 aliphatic carbocycles. The molecule has 2 rings (SSSR count). The first kappa shape index (κ1) is 14.0. The molecule has 4 nitrogen and oxygen atoms in total. The van der Waals surface area contributed by atoms with Crippen LogP contribution in [0.1, 0.15) is 33.3 Å². The molecule has 1 N–H and O–H groups in total. The van der Waals surface area contributed by atoms with Crippen molar-refractivity contribution < 1.29 is 4.74 Å². The van der Waals surface area contributed by atoms with Crippen LogP contribution in [0.3, 0.4) is 0 Å². The van der Waals surface area contributed by atoms with Gasteiger partial charge in [0.05, 0.1) is 23.7 Å². The molecule has 0 saturated carbocycles. The van der Waals surface area contributed by atoms with Crippen molar-refractivity contribution in [2.75, 3.05) is 14.2 Å². The highest BCUT2D eigenvalue weighted by Gasteiger charge is 2.20. The maximum atomic E-state index is 5.37. The van der Waals surface area contributed by atoms with E-state index in [-0.39, 0.29) is 6.04 Å². The van der Waals surface area contributed by atoms with E-state index in [0.717, 1.165) is 21.9 Å². The van der Waals surface area contributed by atoms with Crippen LogP contribution in [-0.2, 0) is 0 Å². The first-order valence-corrected chi connectivity index (χ1v) is 6.97. The molecule has 0 aliphatic rings. The molecule has 0 amide bonds. The fraction of sp³-hybridized carbons (Fsp3) is 0.429. The lowest BCUT2D eigenvalue weighted by Crippen LogP contribution is -2.18. The summed E-state index contributed by atoms with van der Waals surface area (Å²) in [5, 5.41) is 7.46. The molecule has 0 bridgehead atoms. The summed E-state index contributed by atoms with van der Waals surface area (Å²) in [5.41, 5.74) is 4.57. The third kappa shape index (κ3) is 2.62. The van der Waals surface area contributed by atoms with Gasteiger partial charge in [0.1, 0.15) is 5.75 Å². The molecular weight excluding hydrogens is 258 g/mol. The predicted octanol–water partition coefficient (Wildman–Crippen LogP) is 2.78. The van der Waals surface area contributed by atoms with Crippen LogP contribution in [0, 0.1) is 20.8 Å². The van der Waals surface area contributed by atoms with Crippen LogP contribution in [-0.4, -0.2) is 23.7 Å². The molecule has 0 radical (unpaired) electrons. The maximum absolute atomic E-state index is 5.37. The van der Waals surface area contributed by atoms with Gasteiger partial charge < -0.3 is 10.1 Å². The number of aromatic nitrogens is 2. The smallest absolute Gasteiger partial charge is 0.122 e. The second-order valence-electron chi connectivity index (χ2n) is 4.62. The highest BCUT2D eigenvalue weighted by atomic mass is 32.1. The van der Waals surface area contributed by atoms with E-state index in [9.17, 15) is 0 Å². The standard InChI is InChI=1S/C14H19N3OS/c1-8-7-12(18-5)9(2)6-11(8)13(15-4)14-10(3)16-17-19-14/h6-7,13,15H,1-5H3. The Hall–Kier alpha value is -1.46. The number of hydrogen-bond donors (Lipinski definition) is 1. The molecule has 0 saturated heterocycles. The Labute approximate surface area is 118 Å². The second-order valence-corrected chi connectivity index (χ2v) is 5.41. The Morgan fingerprint density at radius 2 is 1.95 bits per heavy atom. The average molecular weight is 277 g/mol. The fourth-order valence-corrected chi connectivity index (χ4v) is 3.05. The molecule has 2 aromatic rings. The van der Waals surface area contributed by atoms with Crippen molar-refractivity contribution in [1.29, 1.82) is 0 Å². The molecule has 1 unspecified atom stereocenters. The molecule has 1 aromatic carbocycles. The van der Waals surface area contributed by atoms with Gasteiger partial charge in [-0.2, -0.15) is 0 Å². The lowest BCUT2D eigenvalue weighted by atomic mass is 9.96. The lowest BCUT2D eigenvalue weighted by molar-refractivity contribution is 0.411. The van der Waals surface area contributed by atoms with E-state index in [1.807, 2.05) is 14.0 Å². The summed E-state index contributed by atoms with van der Waals surface area (Å²) in [6.45, 7) is 6.16. The van der Waals surface area contributed by atoms with Gasteiger partial charge in [-0.1, -0.05) is 10.6 Å². The van der Waals surface area contributed by atoms with Crippen LogP contribution in [0.5, 0.6) is 5.75 Å². The number of aryl methyl sites for hydroxylation is 3. The van der Waals surface area contributed by atoms with Gasteiger partial charge in [-0.3, -0.25) is 0 Å². The Morgan fingerprint density at radius 3 is 2.47 bits per heavy atom. The topological polar surface area (TPSA) is 47.0 Å². The molecule has 102 valence electrons. The number of nitrogens with one attached hydrogen (secondary N) is 1. The molecule has 5 heteroatoms. The highest BCUT2D eigenvalue weighted by molar-refractivity contribution is 7.05. The van der Waals surface area contributed by atoms with Crippen molar-refractivity contribution in [3.63, 3.8) is 0 Å². The highest BCUT2D eigenvalue weighted by Crippen LogP contribution is 2.32. The Kier molecular flexibility index (Phi) is 4.17. The molecule has 1 heterocycles. The van der Waals surface area contributed by atoms with E-state index in [4.69, 9.17) is 4.74 Å². The van der Waals surface area contributed by atoms with Gasteiger partial charge in [0.2, 0.25) is 0 Å². The van der Waals surface area contributed by atoms with Gasteiger partial charge in [0.25, 0.3) is 0 Å². The molecule has 0 aliphatic heterocycles. The van der Waals surface area contributed by atoms with E-state index in [1.54, 1.807) is 7.11 Å². The van der Waals surface area contributed by atoms with Crippen LogP contribution in [0.4, 0.5) is 0 Å². The quantitative estimate of drug-likeness (QED) is 0.933. The number of rotatable bonds is 4. The van der Waals surface area contributed by atoms with Crippen LogP contribution < -0.4 is 10.1 Å². The summed E-state index contributed by atoms with van der Waals surface area (Å²) >= 11 is 1.45. The molecular formula is C14H19N3OS. The number of benzene rings is 1. The van der Waals surface area contributed by atoms with Gasteiger partial charge in [-0.25, -0.2) is 0 Å². The summed E-state index contributed by atoms with van der Waals surface area (Å²) < 4.78 is 9.39. The Balaban J connectivity index is 2.50. The summed E-state index contributed by atoms with van der Waals surface area (Å²) in [4.78, 5) is 1.16. The lowest BCUT2D eigenvalue weighted by Gasteiger charge is -2.19. The molecule has 19 heavy (non-hydrogen) atoms. The summed E-state index contributed by atoms with van der Waals surface area (Å²) in [5.74, 6) is 0.926. The average Bonchev–Trinajstić information content (AvgIpc) is 2.80. The number of nitrogens with zero attached hydrogens (tertiary/aromatic N) is 2. The van der Waals surface area contributed by atoms with Gasteiger partial charge in [0, 0.05) is 0 Å². The van der Waals surface area contributed by atoms with Crippen molar-refractivity contribution in [1.82, 2.24) is 14.9 Å². The number of hydrogen-bond acceptors (Lipinski definition) is 5. The van der Waals surface area contributed by atoms with E-state index in [1.165, 1.54) is 22.7 Å². The van der Waals surface area contributed by atoms with E-state index < -0.39 is 0 Å². The third-order valence-corrected chi connectivity index (χ3v) is 4.22. The van der Waals surface area contributed by atoms with Gasteiger partial charge in [-0.15, -0.1) is 5.10 Å². The summed E-state index contributed by atoms with van der Waals surface area (Å²) in [6, 6.07) is 4.39. The van der Waals surface area contributed by atoms with Gasteiger partial charge in [-0.05, 0) is 62.1 Å². The number of methoxy groups -OCH3 is 1. The Bertz CT molecular complexity index is 580. The normalized spacial score (nSPS) is 12.5. The molecule has 1 atom stereocenters. The van der Waals surface area contributed by atoms with Gasteiger partial charge in [0.15, 0.2) is 0 Å². The zero-order valence-corrected chi connectivity index (χ0v) is 12.8. The van der Waals surface area contributed by atoms with E-state index >= 15 is 0 Å². The van der Waals surface area contributed by atoms with Crippen LogP contribution in [0.2, 0.25) is 0 Å². The van der Waals surface area contributed by atoms with Crippen molar-refractivity contribution >= 4 is 11.5 Å². The first-order chi connectivity index (χ1) is 9.08. The van der Waals surface area contributed by atoms with Crippen LogP contribution >= 0.6 is 11.5 Å². The van der Waals surface area contributed by atoms with Crippen molar-refractivity contribution in [3.05, 3.63) is 39.4 Å². The summed E-state index contributed by atoms with van der Waals surface area (Å²) in [7, 11) is 3.66. The minimum atomic E-state index is 0.129. The second kappa shape index (κ2) is 5.67. The number of ether oxygens (including phenoxy) is 1. The predicted molar refractivity (Wildman–Crippen MR) is 78.0 cm³/mol. The maximum Gasteiger partial charge on any atom is 0.122 e. The van der Waals surface area contributed by atoms with Crippen molar-refractivity contribution in [2.24, 2.45) is 0 Å². The SMILES string of the molecule is CNC(c1cc(C)c(OC)cc1C)c1snnc1C. The molecule has 0 fully saturated rings. The first-order valence-electron chi connectivity index (χ1n) is 6.19. The largest absolute Gasteiger partial charge is 0.496 e. The van der Waals surface area contributed by atoms with Crippen molar-refractivity contribution in [2.45, 2.75) is 26.8 Å². The zero-order chi connectivity index (χ0) is 14.0. The van der Waals surface area contributed by atoms with Crippen molar-refractivity contribution in [3.8, 4) is 5.75 Å². The van der Waals surface area contributed by atoms with Crippen LogP contribution in [0.15, 0.2) is 12.1 Å². The minimum Gasteiger partial charge on any atom is -0.496 e. The van der Waals surface area contributed by atoms with Gasteiger partial charge >= 0.3 is 0 Å². The minimum absolute atomic E-state index is 0.129. The summed E-state index contributed by atoms with van der Waals surface area (Å²) in [6.07, 6.45) is 0. The fourth-order valence-electron chi connectivity index (χ4n) is 2.27. The molecule has 0 spiro atoms. The monoisotopic (exact) mass is 277 g/mol. The third-order valence-electron chi connectivity index (χ3n) is 3.33. The Morgan fingerprint density at radius 1 is 1.21 bits per heavy atom. The molecule has 1 aromatic heterocycles. The zero-order valence-electron chi connectivity index (χ0n) is 11.9. The van der Waals surface area contributed by atoms with E-state index in [2.05, 4.69) is 40.9 Å². The van der Waals surface area contributed by atoms with Crippen LogP contribution in [0.25, 0.3) is 0 Å².